The van der Waals surface area contributed by atoms with Crippen LogP contribution in [0.2, 0.25) is 0 Å². The Morgan fingerprint density at radius 2 is 2.27 bits per heavy atom. The normalized spacial score (nSPS) is 21.8. The number of nitrogens with one attached hydrogen (secondary N) is 1. The summed E-state index contributed by atoms with van der Waals surface area (Å²) in [6, 6.07) is 1.92. The Hall–Kier alpha value is -2.15. The minimum atomic E-state index is -0.838. The molecule has 116 valence electrons. The SMILES string of the molecule is CC1CC(C(=O)O)CN(C(=O)c2cn[nH]c2-c2ccsc2)C1. The Balaban J connectivity index is 1.85. The van der Waals surface area contributed by atoms with Gasteiger partial charge in [-0.15, -0.1) is 0 Å². The topological polar surface area (TPSA) is 86.3 Å². The van der Waals surface area contributed by atoms with E-state index in [2.05, 4.69) is 10.2 Å². The van der Waals surface area contributed by atoms with Crippen LogP contribution in [0.25, 0.3) is 11.3 Å². The zero-order valence-electron chi connectivity index (χ0n) is 12.2. The molecule has 0 spiro atoms. The van der Waals surface area contributed by atoms with Crippen LogP contribution in [0.15, 0.2) is 23.0 Å². The zero-order chi connectivity index (χ0) is 15.7. The molecule has 6 nitrogen and oxygen atoms in total. The van der Waals surface area contributed by atoms with Gasteiger partial charge in [0.1, 0.15) is 0 Å². The van der Waals surface area contributed by atoms with Crippen molar-refractivity contribution in [3.05, 3.63) is 28.6 Å². The number of amides is 1. The molecule has 1 fully saturated rings. The lowest BCUT2D eigenvalue weighted by atomic mass is 9.90. The number of aliphatic carboxylic acids is 1. The van der Waals surface area contributed by atoms with Crippen LogP contribution >= 0.6 is 11.3 Å². The monoisotopic (exact) mass is 319 g/mol. The molecule has 3 heterocycles. The summed E-state index contributed by atoms with van der Waals surface area (Å²) in [7, 11) is 0. The molecule has 0 aliphatic carbocycles. The second-order valence-corrected chi connectivity index (χ2v) is 6.54. The summed E-state index contributed by atoms with van der Waals surface area (Å²) in [6.45, 7) is 2.81. The number of carboxylic acid groups (broad SMARTS) is 1. The second kappa shape index (κ2) is 5.92. The van der Waals surface area contributed by atoms with Crippen LogP contribution in [-0.2, 0) is 4.79 Å². The smallest absolute Gasteiger partial charge is 0.308 e. The van der Waals surface area contributed by atoms with E-state index in [0.717, 1.165) is 5.56 Å². The van der Waals surface area contributed by atoms with Gasteiger partial charge >= 0.3 is 5.97 Å². The first kappa shape index (κ1) is 14.8. The van der Waals surface area contributed by atoms with E-state index in [-0.39, 0.29) is 18.4 Å². The molecule has 0 radical (unpaired) electrons. The summed E-state index contributed by atoms with van der Waals surface area (Å²) in [5.74, 6) is -1.32. The summed E-state index contributed by atoms with van der Waals surface area (Å²) in [4.78, 5) is 25.7. The van der Waals surface area contributed by atoms with Crippen LogP contribution in [0, 0.1) is 11.8 Å². The third kappa shape index (κ3) is 2.76. The molecule has 1 aliphatic rings. The molecule has 3 rings (SSSR count). The van der Waals surface area contributed by atoms with Crippen molar-refractivity contribution < 1.29 is 14.7 Å². The van der Waals surface area contributed by atoms with Crippen LogP contribution < -0.4 is 0 Å². The summed E-state index contributed by atoms with van der Waals surface area (Å²) in [5.41, 5.74) is 2.11. The maximum absolute atomic E-state index is 12.8. The molecular weight excluding hydrogens is 302 g/mol. The second-order valence-electron chi connectivity index (χ2n) is 5.76. The number of hydrogen-bond acceptors (Lipinski definition) is 4. The highest BCUT2D eigenvalue weighted by Gasteiger charge is 2.33. The minimum Gasteiger partial charge on any atom is -0.481 e. The molecule has 7 heteroatoms. The quantitative estimate of drug-likeness (QED) is 0.909. The fourth-order valence-corrected chi connectivity index (χ4v) is 3.59. The fourth-order valence-electron chi connectivity index (χ4n) is 2.94. The summed E-state index contributed by atoms with van der Waals surface area (Å²) < 4.78 is 0. The average Bonchev–Trinajstić information content (AvgIpc) is 3.16. The Morgan fingerprint density at radius 1 is 1.45 bits per heavy atom. The Labute approximate surface area is 131 Å². The van der Waals surface area contributed by atoms with Crippen LogP contribution in [0.5, 0.6) is 0 Å². The fraction of sp³-hybridized carbons (Fsp3) is 0.400. The van der Waals surface area contributed by atoms with E-state index in [0.29, 0.717) is 24.2 Å². The third-order valence-electron chi connectivity index (χ3n) is 3.98. The minimum absolute atomic E-state index is 0.159. The number of nitrogens with zero attached hydrogens (tertiary/aromatic N) is 2. The van der Waals surface area contributed by atoms with Gasteiger partial charge in [0.15, 0.2) is 0 Å². The van der Waals surface area contributed by atoms with Crippen molar-refractivity contribution in [2.75, 3.05) is 13.1 Å². The molecule has 0 bridgehead atoms. The molecule has 2 aromatic heterocycles. The van der Waals surface area contributed by atoms with Crippen molar-refractivity contribution in [2.45, 2.75) is 13.3 Å². The number of aromatic amines is 1. The molecule has 2 N–H and O–H groups in total. The molecular formula is C15H17N3O3S. The van der Waals surface area contributed by atoms with Gasteiger partial charge in [-0.3, -0.25) is 14.7 Å². The summed E-state index contributed by atoms with van der Waals surface area (Å²) in [5, 5.41) is 20.0. The number of likely N-dealkylation sites (tertiary alicyclic amines) is 1. The molecule has 2 aromatic rings. The first-order valence-electron chi connectivity index (χ1n) is 7.14. The number of rotatable bonds is 3. The molecule has 22 heavy (non-hydrogen) atoms. The lowest BCUT2D eigenvalue weighted by Gasteiger charge is -2.34. The van der Waals surface area contributed by atoms with E-state index in [9.17, 15) is 14.7 Å². The standard InChI is InChI=1S/C15H17N3O3S/c1-9-4-11(15(20)21)7-18(6-9)14(19)12-5-16-17-13(12)10-2-3-22-8-10/h2-3,5,8-9,11H,4,6-7H2,1H3,(H,16,17)(H,20,21). The Kier molecular flexibility index (Phi) is 3.98. The van der Waals surface area contributed by atoms with Gasteiger partial charge in [-0.2, -0.15) is 16.4 Å². The Bertz CT molecular complexity index is 680. The van der Waals surface area contributed by atoms with Crippen molar-refractivity contribution in [3.63, 3.8) is 0 Å². The first-order valence-corrected chi connectivity index (χ1v) is 8.08. The van der Waals surface area contributed by atoms with E-state index in [1.165, 1.54) is 6.20 Å². The molecule has 1 amide bonds. The van der Waals surface area contributed by atoms with Crippen molar-refractivity contribution in [2.24, 2.45) is 11.8 Å². The van der Waals surface area contributed by atoms with Crippen molar-refractivity contribution in [1.29, 1.82) is 0 Å². The molecule has 1 saturated heterocycles. The number of carbonyl (C=O) groups excluding carboxylic acids is 1. The molecule has 0 saturated carbocycles. The average molecular weight is 319 g/mol. The Morgan fingerprint density at radius 3 is 2.95 bits per heavy atom. The highest BCUT2D eigenvalue weighted by Crippen LogP contribution is 2.27. The number of piperidine rings is 1. The van der Waals surface area contributed by atoms with Crippen LogP contribution in [0.4, 0.5) is 0 Å². The van der Waals surface area contributed by atoms with Gasteiger partial charge in [0.05, 0.1) is 23.4 Å². The number of hydrogen-bond donors (Lipinski definition) is 2. The van der Waals surface area contributed by atoms with Crippen LogP contribution in [-0.4, -0.2) is 45.2 Å². The number of H-pyrrole nitrogens is 1. The van der Waals surface area contributed by atoms with Crippen LogP contribution in [0.3, 0.4) is 0 Å². The highest BCUT2D eigenvalue weighted by atomic mass is 32.1. The zero-order valence-corrected chi connectivity index (χ0v) is 13.0. The van der Waals surface area contributed by atoms with Gasteiger partial charge in [-0.05, 0) is 23.8 Å². The molecule has 1 aliphatic heterocycles. The summed E-state index contributed by atoms with van der Waals surface area (Å²) in [6.07, 6.45) is 2.13. The van der Waals surface area contributed by atoms with E-state index in [1.54, 1.807) is 16.2 Å². The highest BCUT2D eigenvalue weighted by molar-refractivity contribution is 7.08. The maximum Gasteiger partial charge on any atom is 0.308 e. The molecule has 0 aromatic carbocycles. The maximum atomic E-state index is 12.8. The number of thiophene rings is 1. The largest absolute Gasteiger partial charge is 0.481 e. The van der Waals surface area contributed by atoms with Gasteiger partial charge in [0.2, 0.25) is 0 Å². The predicted octanol–water partition coefficient (Wildman–Crippen LogP) is 2.32. The van der Waals surface area contributed by atoms with Gasteiger partial charge in [-0.25, -0.2) is 0 Å². The molecule has 2 unspecified atom stereocenters. The van der Waals surface area contributed by atoms with E-state index < -0.39 is 11.9 Å². The van der Waals surface area contributed by atoms with E-state index in [4.69, 9.17) is 0 Å². The van der Waals surface area contributed by atoms with Gasteiger partial charge < -0.3 is 10.0 Å². The van der Waals surface area contributed by atoms with Gasteiger partial charge in [0, 0.05) is 24.0 Å². The van der Waals surface area contributed by atoms with Gasteiger partial charge in [-0.1, -0.05) is 6.92 Å². The molecule has 2 atom stereocenters. The van der Waals surface area contributed by atoms with Crippen LogP contribution in [0.1, 0.15) is 23.7 Å². The van der Waals surface area contributed by atoms with Crippen molar-refractivity contribution >= 4 is 23.2 Å². The van der Waals surface area contributed by atoms with Crippen molar-refractivity contribution in [3.8, 4) is 11.3 Å². The number of carboxylic acids is 1. The van der Waals surface area contributed by atoms with Crippen molar-refractivity contribution in [1.82, 2.24) is 15.1 Å². The van der Waals surface area contributed by atoms with E-state index in [1.807, 2.05) is 23.8 Å². The number of aromatic nitrogens is 2. The lowest BCUT2D eigenvalue weighted by molar-refractivity contribution is -0.143. The van der Waals surface area contributed by atoms with E-state index >= 15 is 0 Å². The first-order chi connectivity index (χ1) is 10.6. The third-order valence-corrected chi connectivity index (χ3v) is 4.66. The lowest BCUT2D eigenvalue weighted by Crippen LogP contribution is -2.45. The van der Waals surface area contributed by atoms with Gasteiger partial charge in [0.25, 0.3) is 5.91 Å². The summed E-state index contributed by atoms with van der Waals surface area (Å²) >= 11 is 1.55. The predicted molar refractivity (Wildman–Crippen MR) is 82.7 cm³/mol. The number of carbonyl (C=O) groups is 2.